The topological polar surface area (TPSA) is 81.9 Å². The van der Waals surface area contributed by atoms with Gasteiger partial charge in [-0.15, -0.1) is 0 Å². The Hall–Kier alpha value is -4.48. The Kier molecular flexibility index (Phi) is 4.06. The van der Waals surface area contributed by atoms with Crippen LogP contribution >= 0.6 is 0 Å². The molecule has 0 fully saturated rings. The first-order chi connectivity index (χ1) is 15.0. The van der Waals surface area contributed by atoms with E-state index in [1.807, 2.05) is 55.5 Å². The second kappa shape index (κ2) is 6.79. The molecule has 2 heterocycles. The van der Waals surface area contributed by atoms with E-state index in [0.29, 0.717) is 33.6 Å². The second-order valence-corrected chi connectivity index (χ2v) is 7.53. The van der Waals surface area contributed by atoms with E-state index >= 15 is 0 Å². The molecule has 0 spiro atoms. The summed E-state index contributed by atoms with van der Waals surface area (Å²) < 4.78 is 1.60. The lowest BCUT2D eigenvalue weighted by Crippen LogP contribution is -2.15. The zero-order chi connectivity index (χ0) is 21.7. The third kappa shape index (κ3) is 2.61. The van der Waals surface area contributed by atoms with Crippen LogP contribution in [0.3, 0.4) is 0 Å². The predicted molar refractivity (Wildman–Crippen MR) is 122 cm³/mol. The number of pyridine rings is 1. The summed E-state index contributed by atoms with van der Waals surface area (Å²) in [6.45, 7) is 3.54. The third-order valence-corrected chi connectivity index (χ3v) is 5.71. The molecule has 0 aliphatic heterocycles. The average Bonchev–Trinajstić information content (AvgIpc) is 3.13. The van der Waals surface area contributed by atoms with Crippen LogP contribution in [0.25, 0.3) is 44.4 Å². The quantitative estimate of drug-likeness (QED) is 0.381. The summed E-state index contributed by atoms with van der Waals surface area (Å²) in [4.78, 5) is 18.2. The van der Waals surface area contributed by atoms with E-state index in [-0.39, 0.29) is 5.56 Å². The molecule has 0 aliphatic rings. The molecule has 0 saturated carbocycles. The van der Waals surface area contributed by atoms with Gasteiger partial charge < -0.3 is 0 Å². The Balaban J connectivity index is 2.02. The van der Waals surface area contributed by atoms with Gasteiger partial charge >= 0.3 is 0 Å². The number of fused-ring (bicyclic) bond motifs is 2. The normalized spacial score (nSPS) is 11.8. The smallest absolute Gasteiger partial charge is 0.264 e. The Bertz CT molecular complexity index is 1680. The van der Waals surface area contributed by atoms with Crippen LogP contribution < -0.4 is 5.56 Å². The fourth-order valence-electron chi connectivity index (χ4n) is 4.25. The molecular formula is C26H16N4O. The van der Waals surface area contributed by atoms with Crippen LogP contribution in [-0.4, -0.2) is 9.38 Å². The summed E-state index contributed by atoms with van der Waals surface area (Å²) in [5.74, 6) is 0. The van der Waals surface area contributed by atoms with Crippen molar-refractivity contribution in [2.45, 2.75) is 13.8 Å². The summed E-state index contributed by atoms with van der Waals surface area (Å²) in [5.41, 5.74) is 4.55. The van der Waals surface area contributed by atoms with Gasteiger partial charge in [0, 0.05) is 27.1 Å². The number of nitrogens with zero attached hydrogens (tertiary/aromatic N) is 4. The number of benzene rings is 3. The van der Waals surface area contributed by atoms with Crippen molar-refractivity contribution in [3.8, 4) is 23.3 Å². The van der Waals surface area contributed by atoms with Crippen molar-refractivity contribution in [2.24, 2.45) is 0 Å². The molecule has 31 heavy (non-hydrogen) atoms. The first-order valence-electron chi connectivity index (χ1n) is 9.83. The van der Waals surface area contributed by atoms with Gasteiger partial charge in [-0.3, -0.25) is 9.20 Å². The van der Waals surface area contributed by atoms with Gasteiger partial charge in [0.1, 0.15) is 5.65 Å². The van der Waals surface area contributed by atoms with Crippen molar-refractivity contribution in [1.82, 2.24) is 9.38 Å². The molecule has 5 rings (SSSR count). The number of allylic oxidation sites excluding steroid dienone is 1. The molecule has 5 nitrogen and oxygen atoms in total. The number of aromatic nitrogens is 2. The van der Waals surface area contributed by atoms with E-state index in [4.69, 9.17) is 10.2 Å². The van der Waals surface area contributed by atoms with E-state index in [1.54, 1.807) is 23.5 Å². The van der Waals surface area contributed by atoms with Crippen LogP contribution in [0.5, 0.6) is 0 Å². The molecular weight excluding hydrogens is 384 g/mol. The van der Waals surface area contributed by atoms with Gasteiger partial charge in [-0.25, -0.2) is 4.98 Å². The molecule has 3 aromatic carbocycles. The van der Waals surface area contributed by atoms with Crippen molar-refractivity contribution in [3.63, 3.8) is 0 Å². The zero-order valence-electron chi connectivity index (χ0n) is 17.0. The number of nitriles is 2. The largest absolute Gasteiger partial charge is 0.268 e. The van der Waals surface area contributed by atoms with Crippen molar-refractivity contribution >= 4 is 33.3 Å². The van der Waals surface area contributed by atoms with Crippen molar-refractivity contribution in [1.29, 1.82) is 10.5 Å². The zero-order valence-corrected chi connectivity index (χ0v) is 17.0. The summed E-state index contributed by atoms with van der Waals surface area (Å²) >= 11 is 0. The maximum Gasteiger partial charge on any atom is 0.264 e. The maximum atomic E-state index is 13.5. The average molecular weight is 400 g/mol. The van der Waals surface area contributed by atoms with Gasteiger partial charge in [-0.2, -0.15) is 10.5 Å². The summed E-state index contributed by atoms with van der Waals surface area (Å²) in [6, 6.07) is 21.6. The van der Waals surface area contributed by atoms with Crippen LogP contribution in [0.4, 0.5) is 0 Å². The number of aryl methyl sites for hydroxylation is 1. The lowest BCUT2D eigenvalue weighted by Gasteiger charge is -2.13. The van der Waals surface area contributed by atoms with Crippen molar-refractivity contribution in [2.75, 3.05) is 0 Å². The number of hydrogen-bond donors (Lipinski definition) is 0. The molecule has 2 aromatic heterocycles. The third-order valence-electron chi connectivity index (χ3n) is 5.71. The Labute approximate surface area is 178 Å². The highest BCUT2D eigenvalue weighted by Gasteiger charge is 2.20. The summed E-state index contributed by atoms with van der Waals surface area (Å²) in [6.07, 6.45) is 1.69. The molecule has 0 bridgehead atoms. The molecule has 146 valence electrons. The van der Waals surface area contributed by atoms with Gasteiger partial charge in [-0.05, 0) is 49.2 Å². The molecule has 0 radical (unpaired) electrons. The van der Waals surface area contributed by atoms with E-state index in [2.05, 4.69) is 12.1 Å². The standard InChI is InChI=1S/C26H16N4O/c1-15(13-27)12-22-16(2)30-25(29-22)20-9-8-18(14-28)23-19(17-6-4-3-5-7-17)10-11-21(24(20)23)26(30)31/h3-12H,1-2H3/b15-12+. The molecule has 0 aliphatic carbocycles. The minimum atomic E-state index is -0.179. The van der Waals surface area contributed by atoms with Crippen LogP contribution in [0.1, 0.15) is 23.9 Å². The minimum Gasteiger partial charge on any atom is -0.268 e. The molecule has 0 amide bonds. The van der Waals surface area contributed by atoms with Gasteiger partial charge in [0.05, 0.1) is 29.1 Å². The number of hydrogen-bond acceptors (Lipinski definition) is 4. The lowest BCUT2D eigenvalue weighted by atomic mass is 9.91. The van der Waals surface area contributed by atoms with E-state index in [1.165, 1.54) is 0 Å². The Morgan fingerprint density at radius 2 is 1.74 bits per heavy atom. The highest BCUT2D eigenvalue weighted by Crippen LogP contribution is 2.37. The van der Waals surface area contributed by atoms with Crippen molar-refractivity contribution in [3.05, 3.63) is 87.5 Å². The SMILES string of the molecule is C/C(C#N)=C\c1nc2c3ccc(C#N)c4c(-c5ccccc5)ccc(c(=O)n2c1C)c43. The number of imidazole rings is 1. The van der Waals surface area contributed by atoms with Gasteiger partial charge in [-0.1, -0.05) is 36.4 Å². The minimum absolute atomic E-state index is 0.179. The lowest BCUT2D eigenvalue weighted by molar-refractivity contribution is 1.07. The predicted octanol–water partition coefficient (Wildman–Crippen LogP) is 5.21. The molecule has 0 saturated heterocycles. The second-order valence-electron chi connectivity index (χ2n) is 7.53. The van der Waals surface area contributed by atoms with Crippen LogP contribution in [0, 0.1) is 29.6 Å². The van der Waals surface area contributed by atoms with Crippen molar-refractivity contribution < 1.29 is 0 Å². The fraction of sp³-hybridized carbons (Fsp3) is 0.0769. The van der Waals surface area contributed by atoms with Gasteiger partial charge in [0.25, 0.3) is 5.56 Å². The van der Waals surface area contributed by atoms with E-state index in [0.717, 1.165) is 27.3 Å². The maximum absolute atomic E-state index is 13.5. The number of rotatable bonds is 2. The monoisotopic (exact) mass is 400 g/mol. The first kappa shape index (κ1) is 18.5. The molecule has 0 atom stereocenters. The van der Waals surface area contributed by atoms with Gasteiger partial charge in [0.15, 0.2) is 0 Å². The van der Waals surface area contributed by atoms with Gasteiger partial charge in [0.2, 0.25) is 0 Å². The van der Waals surface area contributed by atoms with E-state index < -0.39 is 0 Å². The molecule has 5 aromatic rings. The molecule has 0 N–H and O–H groups in total. The van der Waals surface area contributed by atoms with E-state index in [9.17, 15) is 10.1 Å². The summed E-state index contributed by atoms with van der Waals surface area (Å²) in [5, 5.41) is 21.8. The molecule has 5 heteroatoms. The highest BCUT2D eigenvalue weighted by atomic mass is 16.1. The first-order valence-corrected chi connectivity index (χ1v) is 9.83. The fourth-order valence-corrected chi connectivity index (χ4v) is 4.25. The van der Waals surface area contributed by atoms with Crippen LogP contribution in [-0.2, 0) is 0 Å². The van der Waals surface area contributed by atoms with Crippen LogP contribution in [0.2, 0.25) is 0 Å². The highest BCUT2D eigenvalue weighted by molar-refractivity contribution is 6.20. The Morgan fingerprint density at radius 3 is 2.45 bits per heavy atom. The van der Waals surface area contributed by atoms with Crippen LogP contribution in [0.15, 0.2) is 65.0 Å². The molecule has 0 unspecified atom stereocenters. The summed E-state index contributed by atoms with van der Waals surface area (Å²) in [7, 11) is 0. The Morgan fingerprint density at radius 1 is 1.00 bits per heavy atom.